The highest BCUT2D eigenvalue weighted by atomic mass is 16.5. The van der Waals surface area contributed by atoms with E-state index in [0.29, 0.717) is 45.5 Å². The molecule has 0 aliphatic rings. The number of methoxy groups -OCH3 is 5. The van der Waals surface area contributed by atoms with Crippen LogP contribution < -0.4 is 18.9 Å². The van der Waals surface area contributed by atoms with Crippen LogP contribution >= 0.6 is 0 Å². The number of carbonyl (C=O) groups is 1. The fourth-order valence-electron chi connectivity index (χ4n) is 2.98. The second-order valence-corrected chi connectivity index (χ2v) is 5.84. The maximum atomic E-state index is 12.1. The molecule has 0 saturated heterocycles. The fourth-order valence-corrected chi connectivity index (χ4v) is 2.98. The number of carbonyl (C=O) groups excluding carboxylic acids is 1. The minimum Gasteiger partial charge on any atom is -0.496 e. The quantitative estimate of drug-likeness (QED) is 0.605. The van der Waals surface area contributed by atoms with Crippen LogP contribution in [0.15, 0.2) is 30.3 Å². The third kappa shape index (κ3) is 3.66. The summed E-state index contributed by atoms with van der Waals surface area (Å²) in [5.41, 5.74) is 2.71. The molecule has 0 spiro atoms. The van der Waals surface area contributed by atoms with Crippen molar-refractivity contribution in [3.05, 3.63) is 35.9 Å². The molecule has 0 saturated carbocycles. The first-order chi connectivity index (χ1) is 14.1. The number of esters is 1. The molecule has 0 bridgehead atoms. The lowest BCUT2D eigenvalue weighted by Crippen LogP contribution is -2.04. The van der Waals surface area contributed by atoms with Gasteiger partial charge in [-0.3, -0.25) is 0 Å². The summed E-state index contributed by atoms with van der Waals surface area (Å²) < 4.78 is 26.3. The maximum Gasteiger partial charge on any atom is 0.341 e. The fraction of sp³-hybridized carbons (Fsp3) is 0.250. The summed E-state index contributed by atoms with van der Waals surface area (Å²) in [6, 6.07) is 8.64. The van der Waals surface area contributed by atoms with Gasteiger partial charge in [-0.25, -0.2) is 4.79 Å². The van der Waals surface area contributed by atoms with Crippen LogP contribution in [0, 0.1) is 0 Å². The van der Waals surface area contributed by atoms with Crippen LogP contribution in [0.4, 0.5) is 0 Å². The Morgan fingerprint density at radius 3 is 1.86 bits per heavy atom. The summed E-state index contributed by atoms with van der Waals surface area (Å²) in [7, 11) is 7.41. The average molecular weight is 399 g/mol. The van der Waals surface area contributed by atoms with Crippen molar-refractivity contribution in [2.45, 2.75) is 0 Å². The van der Waals surface area contributed by atoms with E-state index in [1.165, 1.54) is 35.5 Å². The van der Waals surface area contributed by atoms with Gasteiger partial charge >= 0.3 is 5.97 Å². The van der Waals surface area contributed by atoms with Gasteiger partial charge in [-0.05, 0) is 30.3 Å². The predicted molar refractivity (Wildman–Crippen MR) is 105 cm³/mol. The van der Waals surface area contributed by atoms with Crippen molar-refractivity contribution in [3.63, 3.8) is 0 Å². The van der Waals surface area contributed by atoms with Crippen LogP contribution in [-0.2, 0) is 4.74 Å². The van der Waals surface area contributed by atoms with Gasteiger partial charge in [0.2, 0.25) is 5.75 Å². The number of aromatic amines is 1. The number of hydrogen-bond acceptors (Lipinski definition) is 8. The minimum atomic E-state index is -0.512. The van der Waals surface area contributed by atoms with E-state index in [9.17, 15) is 4.79 Å². The van der Waals surface area contributed by atoms with Crippen LogP contribution in [0.1, 0.15) is 10.4 Å². The van der Waals surface area contributed by atoms with Crippen LogP contribution in [0.2, 0.25) is 0 Å². The number of nitrogens with one attached hydrogen (secondary N) is 1. The van der Waals surface area contributed by atoms with Crippen LogP contribution in [0.5, 0.6) is 23.0 Å². The van der Waals surface area contributed by atoms with E-state index in [-0.39, 0.29) is 5.56 Å². The summed E-state index contributed by atoms with van der Waals surface area (Å²) in [5.74, 6) is 1.34. The number of rotatable bonds is 7. The molecule has 0 aliphatic carbocycles. The Morgan fingerprint density at radius 2 is 1.34 bits per heavy atom. The third-order valence-corrected chi connectivity index (χ3v) is 4.36. The van der Waals surface area contributed by atoms with Crippen molar-refractivity contribution in [1.29, 1.82) is 0 Å². The molecule has 1 heterocycles. The van der Waals surface area contributed by atoms with E-state index in [1.807, 2.05) is 0 Å². The Bertz CT molecular complexity index is 1010. The second-order valence-electron chi connectivity index (χ2n) is 5.84. The lowest BCUT2D eigenvalue weighted by atomic mass is 10.0. The second kappa shape index (κ2) is 8.51. The van der Waals surface area contributed by atoms with Crippen molar-refractivity contribution in [3.8, 4) is 45.5 Å². The molecule has 3 rings (SSSR count). The molecule has 0 radical (unpaired) electrons. The molecule has 1 aromatic heterocycles. The number of hydrogen-bond donors (Lipinski definition) is 1. The van der Waals surface area contributed by atoms with E-state index in [2.05, 4.69) is 15.4 Å². The number of benzene rings is 2. The molecule has 2 aromatic carbocycles. The van der Waals surface area contributed by atoms with Crippen LogP contribution in [0.25, 0.3) is 22.5 Å². The summed E-state index contributed by atoms with van der Waals surface area (Å²) in [5, 5.41) is 11.2. The molecule has 0 fully saturated rings. The molecule has 0 amide bonds. The smallest absolute Gasteiger partial charge is 0.341 e. The molecular formula is C20H21N3O6. The number of H-pyrrole nitrogens is 1. The zero-order chi connectivity index (χ0) is 21.0. The molecule has 0 atom stereocenters. The highest BCUT2D eigenvalue weighted by Crippen LogP contribution is 2.42. The van der Waals surface area contributed by atoms with E-state index in [0.717, 1.165) is 0 Å². The van der Waals surface area contributed by atoms with Gasteiger partial charge in [0.25, 0.3) is 0 Å². The number of nitrogens with zero attached hydrogens (tertiary/aromatic N) is 2. The SMILES string of the molecule is COC(=O)c1cc(-c2n[nH]nc2-c2cc(OC)c(OC)c(OC)c2)ccc1OC. The first-order valence-electron chi connectivity index (χ1n) is 8.55. The molecule has 9 heteroatoms. The lowest BCUT2D eigenvalue weighted by Gasteiger charge is -2.14. The molecule has 9 nitrogen and oxygen atoms in total. The van der Waals surface area contributed by atoms with Gasteiger partial charge < -0.3 is 23.7 Å². The van der Waals surface area contributed by atoms with Crippen LogP contribution in [-0.4, -0.2) is 56.9 Å². The third-order valence-electron chi connectivity index (χ3n) is 4.36. The van der Waals surface area contributed by atoms with Crippen molar-refractivity contribution in [2.24, 2.45) is 0 Å². The molecule has 3 aromatic rings. The highest BCUT2D eigenvalue weighted by molar-refractivity contribution is 5.94. The molecule has 152 valence electrons. The summed E-state index contributed by atoms with van der Waals surface area (Å²) in [6.07, 6.45) is 0. The monoisotopic (exact) mass is 399 g/mol. The normalized spacial score (nSPS) is 10.4. The van der Waals surface area contributed by atoms with Gasteiger partial charge in [0.15, 0.2) is 11.5 Å². The average Bonchev–Trinajstić information content (AvgIpc) is 3.26. The van der Waals surface area contributed by atoms with Gasteiger partial charge in [0.1, 0.15) is 22.7 Å². The molecule has 29 heavy (non-hydrogen) atoms. The topological polar surface area (TPSA) is 105 Å². The van der Waals surface area contributed by atoms with E-state index >= 15 is 0 Å². The molecule has 0 unspecified atom stereocenters. The van der Waals surface area contributed by atoms with Crippen molar-refractivity contribution in [1.82, 2.24) is 15.4 Å². The van der Waals surface area contributed by atoms with Gasteiger partial charge in [-0.2, -0.15) is 15.4 Å². The first-order valence-corrected chi connectivity index (χ1v) is 8.55. The minimum absolute atomic E-state index is 0.284. The van der Waals surface area contributed by atoms with E-state index in [4.69, 9.17) is 23.7 Å². The summed E-state index contributed by atoms with van der Waals surface area (Å²) in [4.78, 5) is 12.1. The molecular weight excluding hydrogens is 378 g/mol. The van der Waals surface area contributed by atoms with E-state index < -0.39 is 5.97 Å². The summed E-state index contributed by atoms with van der Waals surface area (Å²) in [6.45, 7) is 0. The number of ether oxygens (including phenoxy) is 5. The largest absolute Gasteiger partial charge is 0.496 e. The van der Waals surface area contributed by atoms with Gasteiger partial charge in [-0.15, -0.1) is 0 Å². The van der Waals surface area contributed by atoms with Crippen molar-refractivity contribution >= 4 is 5.97 Å². The van der Waals surface area contributed by atoms with Crippen molar-refractivity contribution < 1.29 is 28.5 Å². The Kier molecular flexibility index (Phi) is 5.87. The maximum absolute atomic E-state index is 12.1. The number of aromatic nitrogens is 3. The van der Waals surface area contributed by atoms with Gasteiger partial charge in [0, 0.05) is 11.1 Å². The zero-order valence-corrected chi connectivity index (χ0v) is 16.7. The summed E-state index contributed by atoms with van der Waals surface area (Å²) >= 11 is 0. The Labute approximate surface area is 167 Å². The van der Waals surface area contributed by atoms with Crippen molar-refractivity contribution in [2.75, 3.05) is 35.5 Å². The molecule has 1 N–H and O–H groups in total. The van der Waals surface area contributed by atoms with E-state index in [1.54, 1.807) is 30.3 Å². The Balaban J connectivity index is 2.15. The lowest BCUT2D eigenvalue weighted by molar-refractivity contribution is 0.0597. The zero-order valence-electron chi connectivity index (χ0n) is 16.7. The predicted octanol–water partition coefficient (Wildman–Crippen LogP) is 2.96. The van der Waals surface area contributed by atoms with Crippen LogP contribution in [0.3, 0.4) is 0 Å². The first kappa shape index (κ1) is 20.0. The molecule has 0 aliphatic heterocycles. The van der Waals surface area contributed by atoms with Gasteiger partial charge in [-0.1, -0.05) is 0 Å². The Hall–Kier alpha value is -3.75. The Morgan fingerprint density at radius 1 is 0.759 bits per heavy atom. The highest BCUT2D eigenvalue weighted by Gasteiger charge is 2.21. The van der Waals surface area contributed by atoms with Gasteiger partial charge in [0.05, 0.1) is 35.5 Å². The standard InChI is InChI=1S/C20H21N3O6/c1-25-14-7-6-11(8-13(14)20(24)29-5)17-18(22-23-21-17)12-9-15(26-2)19(28-4)16(10-12)27-3/h6-10H,1-5H3,(H,21,22,23).